The highest BCUT2D eigenvalue weighted by atomic mass is 32.2. The molecule has 4 rings (SSSR count). The zero-order valence-electron chi connectivity index (χ0n) is 16.4. The van der Waals surface area contributed by atoms with Gasteiger partial charge < -0.3 is 19.4 Å². The summed E-state index contributed by atoms with van der Waals surface area (Å²) in [5.74, 6) is 2.26. The average molecular weight is 410 g/mol. The Morgan fingerprint density at radius 2 is 2.03 bits per heavy atom. The number of hydrogen-bond acceptors (Lipinski definition) is 5. The number of hydrogen-bond donors (Lipinski definition) is 1. The van der Waals surface area contributed by atoms with E-state index >= 15 is 0 Å². The molecule has 0 spiro atoms. The van der Waals surface area contributed by atoms with Crippen molar-refractivity contribution in [1.29, 1.82) is 0 Å². The van der Waals surface area contributed by atoms with Crippen LogP contribution in [0.15, 0.2) is 59.9 Å². The second kappa shape index (κ2) is 8.61. The van der Waals surface area contributed by atoms with Gasteiger partial charge in [-0.1, -0.05) is 23.9 Å². The number of imidazole rings is 1. The van der Waals surface area contributed by atoms with Crippen LogP contribution in [0.4, 0.5) is 5.69 Å². The van der Waals surface area contributed by atoms with Crippen LogP contribution in [-0.4, -0.2) is 33.9 Å². The molecule has 2 heterocycles. The van der Waals surface area contributed by atoms with Crippen molar-refractivity contribution >= 4 is 23.4 Å². The molecule has 0 saturated carbocycles. The molecule has 1 aromatic heterocycles. The smallest absolute Gasteiger partial charge is 0.265 e. The van der Waals surface area contributed by atoms with Crippen molar-refractivity contribution < 1.29 is 14.3 Å². The maximum Gasteiger partial charge on any atom is 0.265 e. The van der Waals surface area contributed by atoms with Crippen LogP contribution >= 0.6 is 11.8 Å². The first-order valence-electron chi connectivity index (χ1n) is 9.63. The number of anilines is 1. The fraction of sp³-hybridized carbons (Fsp3) is 0.273. The summed E-state index contributed by atoms with van der Waals surface area (Å²) in [4.78, 5) is 17.2. The highest BCUT2D eigenvalue weighted by molar-refractivity contribution is 7.99. The number of carbonyl (C=O) groups is 1. The van der Waals surface area contributed by atoms with Crippen LogP contribution in [-0.2, 0) is 11.3 Å². The second-order valence-electron chi connectivity index (χ2n) is 6.69. The van der Waals surface area contributed by atoms with Crippen molar-refractivity contribution in [3.8, 4) is 22.8 Å². The fourth-order valence-electron chi connectivity index (χ4n) is 3.09. The lowest BCUT2D eigenvalue weighted by Crippen LogP contribution is -2.30. The van der Waals surface area contributed by atoms with Crippen molar-refractivity contribution in [3.63, 3.8) is 0 Å². The van der Waals surface area contributed by atoms with E-state index in [1.165, 1.54) is 0 Å². The zero-order valence-corrected chi connectivity index (χ0v) is 17.2. The Morgan fingerprint density at radius 3 is 2.79 bits per heavy atom. The third-order valence-corrected chi connectivity index (χ3v) is 5.52. The highest BCUT2D eigenvalue weighted by Gasteiger charge is 2.17. The summed E-state index contributed by atoms with van der Waals surface area (Å²) in [6.45, 7) is 5.26. The van der Waals surface area contributed by atoms with Gasteiger partial charge in [-0.2, -0.15) is 0 Å². The normalized spacial score (nSPS) is 13.6. The van der Waals surface area contributed by atoms with E-state index < -0.39 is 6.10 Å². The summed E-state index contributed by atoms with van der Waals surface area (Å²) in [5.41, 5.74) is 2.61. The van der Waals surface area contributed by atoms with Crippen molar-refractivity contribution in [1.82, 2.24) is 9.55 Å². The number of nitrogens with one attached hydrogen (secondary N) is 1. The maximum atomic E-state index is 12.6. The van der Waals surface area contributed by atoms with Gasteiger partial charge in [0.05, 0.1) is 12.3 Å². The van der Waals surface area contributed by atoms with Gasteiger partial charge in [-0.15, -0.1) is 0 Å². The number of aromatic nitrogens is 2. The minimum absolute atomic E-state index is 0.209. The van der Waals surface area contributed by atoms with Crippen molar-refractivity contribution in [2.75, 3.05) is 17.7 Å². The molecule has 1 unspecified atom stereocenters. The molecule has 6 nitrogen and oxygen atoms in total. The Kier molecular flexibility index (Phi) is 5.76. The number of amides is 1. The van der Waals surface area contributed by atoms with Gasteiger partial charge in [0.15, 0.2) is 11.3 Å². The summed E-state index contributed by atoms with van der Waals surface area (Å²) in [7, 11) is 0. The van der Waals surface area contributed by atoms with Crippen LogP contribution in [0.2, 0.25) is 0 Å². The topological polar surface area (TPSA) is 65.4 Å². The molecule has 29 heavy (non-hydrogen) atoms. The number of nitrogens with zero attached hydrogens (tertiary/aromatic N) is 2. The van der Waals surface area contributed by atoms with Crippen molar-refractivity contribution in [2.24, 2.45) is 0 Å². The van der Waals surface area contributed by atoms with E-state index in [-0.39, 0.29) is 5.91 Å². The number of carbonyl (C=O) groups excluding carboxylic acids is 1. The molecule has 7 heteroatoms. The first kappa shape index (κ1) is 19.4. The van der Waals surface area contributed by atoms with Gasteiger partial charge in [-0.25, -0.2) is 4.98 Å². The van der Waals surface area contributed by atoms with E-state index in [0.717, 1.165) is 40.1 Å². The van der Waals surface area contributed by atoms with E-state index in [4.69, 9.17) is 9.47 Å². The number of benzene rings is 2. The van der Waals surface area contributed by atoms with Gasteiger partial charge in [0.25, 0.3) is 5.91 Å². The molecule has 1 amide bonds. The molecule has 0 bridgehead atoms. The summed E-state index contributed by atoms with van der Waals surface area (Å²) in [5, 5.41) is 3.97. The standard InChI is InChI=1S/C22H23N3O3S/c1-3-27-18-7-9-19(10-8-18)28-15(2)21(26)23-17-6-4-5-16(13-17)20-14-25-11-12-29-22(25)24-20/h4-10,13-15H,3,11-12H2,1-2H3,(H,23,26). The van der Waals surface area contributed by atoms with E-state index in [1.807, 2.05) is 43.3 Å². The Labute approximate surface area is 174 Å². The Morgan fingerprint density at radius 1 is 1.24 bits per heavy atom. The Bertz CT molecular complexity index is 979. The number of thioether (sulfide) groups is 1. The summed E-state index contributed by atoms with van der Waals surface area (Å²) >= 11 is 1.76. The summed E-state index contributed by atoms with van der Waals surface area (Å²) < 4.78 is 13.3. The fourth-order valence-corrected chi connectivity index (χ4v) is 4.03. The van der Waals surface area contributed by atoms with Gasteiger partial charge >= 0.3 is 0 Å². The summed E-state index contributed by atoms with van der Waals surface area (Å²) in [6, 6.07) is 15.0. The van der Waals surface area contributed by atoms with Crippen LogP contribution in [0.3, 0.4) is 0 Å². The Balaban J connectivity index is 1.39. The predicted octanol–water partition coefficient (Wildman–Crippen LogP) is 4.46. The van der Waals surface area contributed by atoms with E-state index in [9.17, 15) is 4.79 Å². The Hall–Kier alpha value is -2.93. The van der Waals surface area contributed by atoms with Crippen molar-refractivity contribution in [3.05, 3.63) is 54.7 Å². The highest BCUT2D eigenvalue weighted by Crippen LogP contribution is 2.30. The SMILES string of the molecule is CCOc1ccc(OC(C)C(=O)Nc2cccc(-c3cn4c(n3)SCC4)c2)cc1. The van der Waals surface area contributed by atoms with Crippen LogP contribution in [0.25, 0.3) is 11.3 Å². The van der Waals surface area contributed by atoms with Crippen LogP contribution < -0.4 is 14.8 Å². The third kappa shape index (κ3) is 4.56. The first-order valence-corrected chi connectivity index (χ1v) is 10.6. The lowest BCUT2D eigenvalue weighted by atomic mass is 10.1. The quantitative estimate of drug-likeness (QED) is 0.624. The number of fused-ring (bicyclic) bond motifs is 1. The predicted molar refractivity (Wildman–Crippen MR) is 115 cm³/mol. The van der Waals surface area contributed by atoms with Gasteiger partial charge in [-0.05, 0) is 50.2 Å². The molecule has 2 aromatic carbocycles. The molecule has 0 saturated heterocycles. The molecule has 1 aliphatic heterocycles. The van der Waals surface area contributed by atoms with Crippen LogP contribution in [0.5, 0.6) is 11.5 Å². The second-order valence-corrected chi connectivity index (χ2v) is 7.75. The lowest BCUT2D eigenvalue weighted by Gasteiger charge is -2.15. The molecule has 0 aliphatic carbocycles. The van der Waals surface area contributed by atoms with Gasteiger partial charge in [0.2, 0.25) is 0 Å². The third-order valence-electron chi connectivity index (χ3n) is 4.55. The summed E-state index contributed by atoms with van der Waals surface area (Å²) in [6.07, 6.45) is 1.43. The molecular formula is C22H23N3O3S. The molecule has 1 aliphatic rings. The van der Waals surface area contributed by atoms with E-state index in [2.05, 4.69) is 21.1 Å². The molecule has 1 N–H and O–H groups in total. The maximum absolute atomic E-state index is 12.6. The largest absolute Gasteiger partial charge is 0.494 e. The minimum Gasteiger partial charge on any atom is -0.494 e. The van der Waals surface area contributed by atoms with Gasteiger partial charge in [0, 0.05) is 29.7 Å². The van der Waals surface area contributed by atoms with Gasteiger partial charge in [-0.3, -0.25) is 4.79 Å². The van der Waals surface area contributed by atoms with E-state index in [1.54, 1.807) is 30.8 Å². The molecule has 0 radical (unpaired) electrons. The van der Waals surface area contributed by atoms with Crippen LogP contribution in [0, 0.1) is 0 Å². The number of rotatable bonds is 7. The number of ether oxygens (including phenoxy) is 2. The minimum atomic E-state index is -0.635. The molecular weight excluding hydrogens is 386 g/mol. The number of aryl methyl sites for hydroxylation is 1. The van der Waals surface area contributed by atoms with Gasteiger partial charge in [0.1, 0.15) is 11.5 Å². The van der Waals surface area contributed by atoms with Crippen molar-refractivity contribution in [2.45, 2.75) is 31.7 Å². The molecule has 150 valence electrons. The lowest BCUT2D eigenvalue weighted by molar-refractivity contribution is -0.122. The molecule has 3 aromatic rings. The average Bonchev–Trinajstić information content (AvgIpc) is 3.32. The van der Waals surface area contributed by atoms with Crippen LogP contribution in [0.1, 0.15) is 13.8 Å². The molecule has 1 atom stereocenters. The van der Waals surface area contributed by atoms with E-state index in [0.29, 0.717) is 12.4 Å². The molecule has 0 fully saturated rings. The first-order chi connectivity index (χ1) is 14.1. The monoisotopic (exact) mass is 409 g/mol. The zero-order chi connectivity index (χ0) is 20.2.